The fourth-order valence-electron chi connectivity index (χ4n) is 2.54. The van der Waals surface area contributed by atoms with Crippen LogP contribution < -0.4 is 0 Å². The Bertz CT molecular complexity index is 570. The standard InChI is InChI=1S/C18H23NO/c1-3-11-19(12-4-2)18(20)14-15-9-10-16-7-5-6-8-17(16)13-15/h5-10,13H,3-4,11-12,14H2,1-2H3. The number of rotatable bonds is 6. The minimum absolute atomic E-state index is 0.240. The third-order valence-electron chi connectivity index (χ3n) is 3.51. The van der Waals surface area contributed by atoms with Crippen molar-refractivity contribution in [3.05, 3.63) is 48.0 Å². The average molecular weight is 269 g/mol. The predicted molar refractivity (Wildman–Crippen MR) is 84.8 cm³/mol. The predicted octanol–water partition coefficient (Wildman–Crippen LogP) is 4.03. The van der Waals surface area contributed by atoms with Crippen molar-refractivity contribution in [2.45, 2.75) is 33.1 Å². The zero-order chi connectivity index (χ0) is 14.4. The highest BCUT2D eigenvalue weighted by Crippen LogP contribution is 2.16. The second kappa shape index (κ2) is 7.09. The molecule has 0 heterocycles. The van der Waals surface area contributed by atoms with Crippen molar-refractivity contribution in [2.75, 3.05) is 13.1 Å². The molecule has 2 heteroatoms. The van der Waals surface area contributed by atoms with Gasteiger partial charge in [0.25, 0.3) is 0 Å². The monoisotopic (exact) mass is 269 g/mol. The van der Waals surface area contributed by atoms with E-state index in [9.17, 15) is 4.79 Å². The Kier molecular flexibility index (Phi) is 5.16. The van der Waals surface area contributed by atoms with E-state index in [0.29, 0.717) is 6.42 Å². The Morgan fingerprint density at radius 2 is 1.60 bits per heavy atom. The van der Waals surface area contributed by atoms with Gasteiger partial charge in [-0.05, 0) is 29.2 Å². The molecule has 0 N–H and O–H groups in total. The summed E-state index contributed by atoms with van der Waals surface area (Å²) in [6, 6.07) is 14.6. The molecule has 0 radical (unpaired) electrons. The van der Waals surface area contributed by atoms with Crippen LogP contribution in [0.5, 0.6) is 0 Å². The van der Waals surface area contributed by atoms with Crippen molar-refractivity contribution in [3.8, 4) is 0 Å². The molecule has 2 rings (SSSR count). The van der Waals surface area contributed by atoms with Crippen molar-refractivity contribution < 1.29 is 4.79 Å². The van der Waals surface area contributed by atoms with Gasteiger partial charge in [-0.15, -0.1) is 0 Å². The molecule has 2 nitrogen and oxygen atoms in total. The van der Waals surface area contributed by atoms with Gasteiger partial charge in [-0.3, -0.25) is 4.79 Å². The van der Waals surface area contributed by atoms with Gasteiger partial charge >= 0.3 is 0 Å². The fraction of sp³-hybridized carbons (Fsp3) is 0.389. The molecular formula is C18H23NO. The van der Waals surface area contributed by atoms with Crippen LogP contribution in [0.15, 0.2) is 42.5 Å². The number of amides is 1. The van der Waals surface area contributed by atoms with Gasteiger partial charge in [-0.25, -0.2) is 0 Å². The number of carbonyl (C=O) groups is 1. The molecule has 0 aliphatic carbocycles. The summed E-state index contributed by atoms with van der Waals surface area (Å²) in [5.41, 5.74) is 1.10. The lowest BCUT2D eigenvalue weighted by molar-refractivity contribution is -0.130. The van der Waals surface area contributed by atoms with E-state index < -0.39 is 0 Å². The first-order chi connectivity index (χ1) is 9.74. The summed E-state index contributed by atoms with van der Waals surface area (Å²) >= 11 is 0. The molecule has 0 spiro atoms. The van der Waals surface area contributed by atoms with E-state index in [1.807, 2.05) is 17.0 Å². The highest BCUT2D eigenvalue weighted by atomic mass is 16.2. The van der Waals surface area contributed by atoms with E-state index in [1.54, 1.807) is 0 Å². The van der Waals surface area contributed by atoms with Crippen LogP contribution in [0.2, 0.25) is 0 Å². The Morgan fingerprint density at radius 3 is 2.25 bits per heavy atom. The minimum atomic E-state index is 0.240. The van der Waals surface area contributed by atoms with Crippen LogP contribution in [0.3, 0.4) is 0 Å². The zero-order valence-electron chi connectivity index (χ0n) is 12.4. The quantitative estimate of drug-likeness (QED) is 0.775. The second-order valence-corrected chi connectivity index (χ2v) is 5.24. The first kappa shape index (κ1) is 14.6. The summed E-state index contributed by atoms with van der Waals surface area (Å²) in [5.74, 6) is 0.240. The number of hydrogen-bond acceptors (Lipinski definition) is 1. The first-order valence-electron chi connectivity index (χ1n) is 7.50. The van der Waals surface area contributed by atoms with Crippen LogP contribution in [0.25, 0.3) is 10.8 Å². The maximum Gasteiger partial charge on any atom is 0.226 e. The third-order valence-corrected chi connectivity index (χ3v) is 3.51. The van der Waals surface area contributed by atoms with Crippen molar-refractivity contribution in [2.24, 2.45) is 0 Å². The van der Waals surface area contributed by atoms with E-state index in [-0.39, 0.29) is 5.91 Å². The van der Waals surface area contributed by atoms with Gasteiger partial charge in [0.05, 0.1) is 6.42 Å². The first-order valence-corrected chi connectivity index (χ1v) is 7.50. The van der Waals surface area contributed by atoms with Crippen LogP contribution in [0, 0.1) is 0 Å². The van der Waals surface area contributed by atoms with Gasteiger partial charge in [0, 0.05) is 13.1 Å². The second-order valence-electron chi connectivity index (χ2n) is 5.24. The fourth-order valence-corrected chi connectivity index (χ4v) is 2.54. The molecule has 0 unspecified atom stereocenters. The van der Waals surface area contributed by atoms with Crippen molar-refractivity contribution in [3.63, 3.8) is 0 Å². The highest BCUT2D eigenvalue weighted by molar-refractivity contribution is 5.85. The van der Waals surface area contributed by atoms with Crippen molar-refractivity contribution in [1.82, 2.24) is 4.90 Å². The summed E-state index contributed by atoms with van der Waals surface area (Å²) in [6.45, 7) is 5.96. The maximum absolute atomic E-state index is 12.4. The highest BCUT2D eigenvalue weighted by Gasteiger charge is 2.12. The van der Waals surface area contributed by atoms with Crippen molar-refractivity contribution >= 4 is 16.7 Å². The van der Waals surface area contributed by atoms with Crippen LogP contribution in [0.4, 0.5) is 0 Å². The summed E-state index contributed by atoms with van der Waals surface area (Å²) in [5, 5.41) is 2.43. The molecule has 20 heavy (non-hydrogen) atoms. The normalized spacial score (nSPS) is 10.7. The number of nitrogens with zero attached hydrogens (tertiary/aromatic N) is 1. The van der Waals surface area contributed by atoms with Gasteiger partial charge in [-0.1, -0.05) is 56.3 Å². The van der Waals surface area contributed by atoms with E-state index in [1.165, 1.54) is 10.8 Å². The van der Waals surface area contributed by atoms with Crippen LogP contribution in [0.1, 0.15) is 32.3 Å². The summed E-state index contributed by atoms with van der Waals surface area (Å²) in [6.07, 6.45) is 2.54. The molecule has 0 aromatic heterocycles. The number of fused-ring (bicyclic) bond motifs is 1. The lowest BCUT2D eigenvalue weighted by Gasteiger charge is -2.21. The SMILES string of the molecule is CCCN(CCC)C(=O)Cc1ccc2ccccc2c1. The minimum Gasteiger partial charge on any atom is -0.342 e. The topological polar surface area (TPSA) is 20.3 Å². The van der Waals surface area contributed by atoms with Crippen LogP contribution in [-0.2, 0) is 11.2 Å². The molecular weight excluding hydrogens is 246 g/mol. The van der Waals surface area contributed by atoms with Gasteiger partial charge in [-0.2, -0.15) is 0 Å². The largest absolute Gasteiger partial charge is 0.342 e. The lowest BCUT2D eigenvalue weighted by atomic mass is 10.0. The molecule has 1 amide bonds. The summed E-state index contributed by atoms with van der Waals surface area (Å²) < 4.78 is 0. The molecule has 0 fully saturated rings. The summed E-state index contributed by atoms with van der Waals surface area (Å²) in [7, 11) is 0. The van der Waals surface area contributed by atoms with Crippen molar-refractivity contribution in [1.29, 1.82) is 0 Å². The van der Waals surface area contributed by atoms with E-state index in [0.717, 1.165) is 31.5 Å². The number of benzene rings is 2. The van der Waals surface area contributed by atoms with E-state index in [2.05, 4.69) is 44.2 Å². The lowest BCUT2D eigenvalue weighted by Crippen LogP contribution is -2.33. The number of carbonyl (C=O) groups excluding carboxylic acids is 1. The molecule has 2 aromatic rings. The third kappa shape index (κ3) is 3.60. The molecule has 0 atom stereocenters. The van der Waals surface area contributed by atoms with E-state index >= 15 is 0 Å². The Balaban J connectivity index is 2.11. The molecule has 0 aliphatic rings. The Hall–Kier alpha value is -1.83. The average Bonchev–Trinajstić information content (AvgIpc) is 2.47. The molecule has 106 valence electrons. The van der Waals surface area contributed by atoms with Crippen LogP contribution in [-0.4, -0.2) is 23.9 Å². The Labute approximate surface area is 121 Å². The van der Waals surface area contributed by atoms with E-state index in [4.69, 9.17) is 0 Å². The summed E-state index contributed by atoms with van der Waals surface area (Å²) in [4.78, 5) is 14.3. The number of hydrogen-bond donors (Lipinski definition) is 0. The zero-order valence-corrected chi connectivity index (χ0v) is 12.4. The maximum atomic E-state index is 12.4. The van der Waals surface area contributed by atoms with Crippen LogP contribution >= 0.6 is 0 Å². The van der Waals surface area contributed by atoms with Gasteiger partial charge < -0.3 is 4.90 Å². The molecule has 0 saturated heterocycles. The smallest absolute Gasteiger partial charge is 0.226 e. The van der Waals surface area contributed by atoms with Gasteiger partial charge in [0.1, 0.15) is 0 Å². The molecule has 0 aliphatic heterocycles. The molecule has 2 aromatic carbocycles. The molecule has 0 saturated carbocycles. The Morgan fingerprint density at radius 1 is 0.950 bits per heavy atom. The van der Waals surface area contributed by atoms with Gasteiger partial charge in [0.15, 0.2) is 0 Å². The molecule has 0 bridgehead atoms. The van der Waals surface area contributed by atoms with Gasteiger partial charge in [0.2, 0.25) is 5.91 Å².